The summed E-state index contributed by atoms with van der Waals surface area (Å²) in [5.74, 6) is 2.14. The van der Waals surface area contributed by atoms with E-state index >= 15 is 0 Å². The Bertz CT molecular complexity index is 1200. The van der Waals surface area contributed by atoms with Crippen LogP contribution in [0.3, 0.4) is 0 Å². The second-order valence-electron chi connectivity index (χ2n) is 7.48. The van der Waals surface area contributed by atoms with E-state index in [0.717, 1.165) is 49.0 Å². The predicted octanol–water partition coefficient (Wildman–Crippen LogP) is 4.27. The highest BCUT2D eigenvalue weighted by atomic mass is 19.1. The third kappa shape index (κ3) is 3.99. The lowest BCUT2D eigenvalue weighted by Gasteiger charge is -2.37. The number of para-hydroxylation sites is 2. The third-order valence-electron chi connectivity index (χ3n) is 5.53. The van der Waals surface area contributed by atoms with Gasteiger partial charge >= 0.3 is 0 Å². The molecular formula is C24H22FN5O2. The van der Waals surface area contributed by atoms with Crippen LogP contribution >= 0.6 is 0 Å². The predicted molar refractivity (Wildman–Crippen MR) is 120 cm³/mol. The maximum absolute atomic E-state index is 13.5. The van der Waals surface area contributed by atoms with E-state index < -0.39 is 0 Å². The molecule has 2 aromatic heterocycles. The molecule has 0 spiro atoms. The molecule has 3 heterocycles. The van der Waals surface area contributed by atoms with E-state index in [4.69, 9.17) is 9.26 Å². The first-order chi connectivity index (χ1) is 15.7. The summed E-state index contributed by atoms with van der Waals surface area (Å²) < 4.78 is 24.3. The molecule has 1 aliphatic heterocycles. The Labute approximate surface area is 185 Å². The Hall–Kier alpha value is -3.94. The van der Waals surface area contributed by atoms with Crippen molar-refractivity contribution in [1.82, 2.24) is 15.1 Å². The Morgan fingerprint density at radius 3 is 2.47 bits per heavy atom. The Morgan fingerprint density at radius 2 is 1.72 bits per heavy atom. The van der Waals surface area contributed by atoms with Gasteiger partial charge in [0.15, 0.2) is 0 Å². The molecule has 8 heteroatoms. The fourth-order valence-corrected chi connectivity index (χ4v) is 3.85. The number of nitrogens with zero attached hydrogens (tertiary/aromatic N) is 5. The molecule has 0 aliphatic carbocycles. The molecule has 0 atom stereocenters. The number of anilines is 2. The van der Waals surface area contributed by atoms with Gasteiger partial charge in [0.05, 0.1) is 18.4 Å². The van der Waals surface area contributed by atoms with Crippen molar-refractivity contribution in [1.29, 1.82) is 0 Å². The largest absolute Gasteiger partial charge is 0.495 e. The molecule has 5 rings (SSSR count). The smallest absolute Gasteiger partial charge is 0.259 e. The maximum Gasteiger partial charge on any atom is 0.259 e. The molecule has 7 nitrogen and oxygen atoms in total. The van der Waals surface area contributed by atoms with Gasteiger partial charge in [0.1, 0.15) is 17.4 Å². The summed E-state index contributed by atoms with van der Waals surface area (Å²) >= 11 is 0. The molecule has 0 unspecified atom stereocenters. The number of hydrogen-bond acceptors (Lipinski definition) is 7. The Kier molecular flexibility index (Phi) is 5.41. The summed E-state index contributed by atoms with van der Waals surface area (Å²) in [6.07, 6.45) is 1.73. The van der Waals surface area contributed by atoms with Gasteiger partial charge in [0, 0.05) is 37.9 Å². The van der Waals surface area contributed by atoms with E-state index in [1.54, 1.807) is 25.4 Å². The molecule has 32 heavy (non-hydrogen) atoms. The topological polar surface area (TPSA) is 67.5 Å². The number of halogens is 1. The van der Waals surface area contributed by atoms with Crippen LogP contribution in [0.1, 0.15) is 0 Å². The van der Waals surface area contributed by atoms with Gasteiger partial charge in [-0.15, -0.1) is 0 Å². The molecule has 0 N–H and O–H groups in total. The quantitative estimate of drug-likeness (QED) is 0.467. The number of aromatic nitrogens is 3. The summed E-state index contributed by atoms with van der Waals surface area (Å²) in [6.45, 7) is 3.47. The summed E-state index contributed by atoms with van der Waals surface area (Å²) in [5.41, 5.74) is 2.40. The van der Waals surface area contributed by atoms with E-state index in [1.165, 1.54) is 12.1 Å². The van der Waals surface area contributed by atoms with Crippen molar-refractivity contribution in [2.45, 2.75) is 0 Å². The van der Waals surface area contributed by atoms with Gasteiger partial charge < -0.3 is 19.1 Å². The lowest BCUT2D eigenvalue weighted by atomic mass is 10.2. The molecule has 162 valence electrons. The Balaban J connectivity index is 1.26. The second kappa shape index (κ2) is 8.66. The molecule has 1 fully saturated rings. The SMILES string of the molecule is COc1ccccc1N1CCN(c2ccc(-c3nc(-c4cccc(F)c4)no3)cn2)CC1. The molecule has 0 radical (unpaired) electrons. The number of piperazine rings is 1. The van der Waals surface area contributed by atoms with Crippen molar-refractivity contribution in [3.05, 3.63) is 72.7 Å². The number of pyridine rings is 1. The first kappa shape index (κ1) is 20.0. The van der Waals surface area contributed by atoms with Crippen LogP contribution < -0.4 is 14.5 Å². The average molecular weight is 431 g/mol. The first-order valence-corrected chi connectivity index (χ1v) is 10.4. The molecule has 1 saturated heterocycles. The molecular weight excluding hydrogens is 409 g/mol. The van der Waals surface area contributed by atoms with Gasteiger partial charge in [0.25, 0.3) is 5.89 Å². The standard InChI is InChI=1S/C24H22FN5O2/c1-31-21-8-3-2-7-20(21)29-11-13-30(14-12-29)22-10-9-18(16-26-22)24-27-23(28-32-24)17-5-4-6-19(25)15-17/h2-10,15-16H,11-14H2,1H3. The zero-order valence-electron chi connectivity index (χ0n) is 17.6. The minimum atomic E-state index is -0.342. The first-order valence-electron chi connectivity index (χ1n) is 10.4. The van der Waals surface area contributed by atoms with Crippen LogP contribution in [0.5, 0.6) is 5.75 Å². The van der Waals surface area contributed by atoms with Crippen LogP contribution in [0.15, 0.2) is 71.4 Å². The van der Waals surface area contributed by atoms with Crippen molar-refractivity contribution in [3.63, 3.8) is 0 Å². The van der Waals surface area contributed by atoms with Gasteiger partial charge in [-0.05, 0) is 36.4 Å². The van der Waals surface area contributed by atoms with Gasteiger partial charge in [-0.2, -0.15) is 4.98 Å². The average Bonchev–Trinajstić information content (AvgIpc) is 3.35. The number of methoxy groups -OCH3 is 1. The number of benzene rings is 2. The van der Waals surface area contributed by atoms with Crippen LogP contribution in [0.2, 0.25) is 0 Å². The van der Waals surface area contributed by atoms with Crippen LogP contribution in [0.25, 0.3) is 22.8 Å². The van der Waals surface area contributed by atoms with Gasteiger partial charge in [-0.3, -0.25) is 0 Å². The number of hydrogen-bond donors (Lipinski definition) is 0. The zero-order chi connectivity index (χ0) is 21.9. The fraction of sp³-hybridized carbons (Fsp3) is 0.208. The summed E-state index contributed by atoms with van der Waals surface area (Å²) in [4.78, 5) is 13.6. The second-order valence-corrected chi connectivity index (χ2v) is 7.48. The van der Waals surface area contributed by atoms with Gasteiger partial charge in [-0.1, -0.05) is 29.4 Å². The lowest BCUT2D eigenvalue weighted by Crippen LogP contribution is -2.46. The molecule has 1 aliphatic rings. The molecule has 0 bridgehead atoms. The minimum absolute atomic E-state index is 0.342. The zero-order valence-corrected chi connectivity index (χ0v) is 17.6. The van der Waals surface area contributed by atoms with Crippen LogP contribution in [-0.2, 0) is 0 Å². The highest BCUT2D eigenvalue weighted by Crippen LogP contribution is 2.29. The van der Waals surface area contributed by atoms with Crippen LogP contribution in [-0.4, -0.2) is 48.4 Å². The normalized spacial score (nSPS) is 13.9. The molecule has 0 saturated carbocycles. The fourth-order valence-electron chi connectivity index (χ4n) is 3.85. The van der Waals surface area contributed by atoms with E-state index in [9.17, 15) is 4.39 Å². The summed E-state index contributed by atoms with van der Waals surface area (Å²) in [5, 5.41) is 3.96. The highest BCUT2D eigenvalue weighted by molar-refractivity contribution is 5.61. The summed E-state index contributed by atoms with van der Waals surface area (Å²) in [7, 11) is 1.70. The Morgan fingerprint density at radius 1 is 0.906 bits per heavy atom. The van der Waals surface area contributed by atoms with E-state index in [2.05, 4.69) is 31.0 Å². The van der Waals surface area contributed by atoms with Crippen molar-refractivity contribution in [2.75, 3.05) is 43.1 Å². The molecule has 2 aromatic carbocycles. The van der Waals surface area contributed by atoms with E-state index in [0.29, 0.717) is 17.3 Å². The molecule has 0 amide bonds. The van der Waals surface area contributed by atoms with Gasteiger partial charge in [-0.25, -0.2) is 9.37 Å². The van der Waals surface area contributed by atoms with Crippen molar-refractivity contribution in [2.24, 2.45) is 0 Å². The summed E-state index contributed by atoms with van der Waals surface area (Å²) in [6, 6.07) is 18.1. The number of rotatable bonds is 5. The third-order valence-corrected chi connectivity index (χ3v) is 5.53. The lowest BCUT2D eigenvalue weighted by molar-refractivity contribution is 0.413. The van der Waals surface area contributed by atoms with E-state index in [1.807, 2.05) is 30.3 Å². The van der Waals surface area contributed by atoms with Crippen LogP contribution in [0, 0.1) is 5.82 Å². The minimum Gasteiger partial charge on any atom is -0.495 e. The highest BCUT2D eigenvalue weighted by Gasteiger charge is 2.21. The van der Waals surface area contributed by atoms with Crippen molar-refractivity contribution >= 4 is 11.5 Å². The number of ether oxygens (including phenoxy) is 1. The van der Waals surface area contributed by atoms with Gasteiger partial charge in [0.2, 0.25) is 5.82 Å². The monoisotopic (exact) mass is 431 g/mol. The maximum atomic E-state index is 13.5. The van der Waals surface area contributed by atoms with E-state index in [-0.39, 0.29) is 5.82 Å². The molecule has 4 aromatic rings. The van der Waals surface area contributed by atoms with Crippen molar-refractivity contribution < 1.29 is 13.7 Å². The van der Waals surface area contributed by atoms with Crippen molar-refractivity contribution in [3.8, 4) is 28.6 Å². The van der Waals surface area contributed by atoms with Crippen LogP contribution in [0.4, 0.5) is 15.9 Å².